The topological polar surface area (TPSA) is 80.8 Å². The summed E-state index contributed by atoms with van der Waals surface area (Å²) < 4.78 is 10.7. The van der Waals surface area contributed by atoms with Crippen molar-refractivity contribution >= 4 is 28.5 Å². The van der Waals surface area contributed by atoms with Crippen molar-refractivity contribution in [2.24, 2.45) is 0 Å². The molecule has 1 aromatic rings. The van der Waals surface area contributed by atoms with Gasteiger partial charge in [0, 0.05) is 25.9 Å². The summed E-state index contributed by atoms with van der Waals surface area (Å²) in [5.74, 6) is 0. The molecule has 7 nitrogen and oxygen atoms in total. The average Bonchev–Trinajstić information content (AvgIpc) is 2.90. The Morgan fingerprint density at radius 3 is 2.59 bits per heavy atom. The van der Waals surface area contributed by atoms with Gasteiger partial charge in [0.15, 0.2) is 0 Å². The zero-order valence-electron chi connectivity index (χ0n) is 13.0. The molecular formula is C14H21N3O4S. The third-order valence-electron chi connectivity index (χ3n) is 3.02. The summed E-state index contributed by atoms with van der Waals surface area (Å²) in [6, 6.07) is 0. The van der Waals surface area contributed by atoms with E-state index in [0.29, 0.717) is 30.9 Å². The number of ether oxygens (including phenoxy) is 2. The van der Waals surface area contributed by atoms with Crippen LogP contribution >= 0.6 is 11.3 Å². The maximum Gasteiger partial charge on any atom is 0.412 e. The van der Waals surface area contributed by atoms with Crippen molar-refractivity contribution in [3.8, 4) is 0 Å². The van der Waals surface area contributed by atoms with Gasteiger partial charge >= 0.3 is 12.2 Å². The van der Waals surface area contributed by atoms with Crippen LogP contribution in [-0.2, 0) is 9.47 Å². The van der Waals surface area contributed by atoms with Gasteiger partial charge in [0.05, 0.1) is 11.7 Å². The molecule has 0 bridgehead atoms. The zero-order chi connectivity index (χ0) is 16.2. The van der Waals surface area contributed by atoms with E-state index in [1.807, 2.05) is 20.8 Å². The molecule has 1 aromatic heterocycles. The quantitative estimate of drug-likeness (QED) is 0.903. The second-order valence-corrected chi connectivity index (χ2v) is 6.95. The number of nitrogens with zero attached hydrogens (tertiary/aromatic N) is 2. The largest absolute Gasteiger partial charge is 0.446 e. The van der Waals surface area contributed by atoms with Gasteiger partial charge in [0.2, 0.25) is 0 Å². The number of thiazole rings is 1. The van der Waals surface area contributed by atoms with Crippen LogP contribution in [0, 0.1) is 0 Å². The van der Waals surface area contributed by atoms with E-state index >= 15 is 0 Å². The Morgan fingerprint density at radius 1 is 1.36 bits per heavy atom. The molecule has 0 atom stereocenters. The Morgan fingerprint density at radius 2 is 2.05 bits per heavy atom. The minimum absolute atomic E-state index is 0.188. The molecular weight excluding hydrogens is 306 g/mol. The van der Waals surface area contributed by atoms with Crippen molar-refractivity contribution in [3.63, 3.8) is 0 Å². The highest BCUT2D eigenvalue weighted by Crippen LogP contribution is 2.18. The summed E-state index contributed by atoms with van der Waals surface area (Å²) >= 11 is 1.33. The molecule has 0 saturated carbocycles. The Kier molecular flexibility index (Phi) is 5.23. The number of hydrogen-bond acceptors (Lipinski definition) is 6. The predicted octanol–water partition coefficient (Wildman–Crippen LogP) is 3.09. The van der Waals surface area contributed by atoms with Gasteiger partial charge in [-0.15, -0.1) is 11.3 Å². The molecule has 1 aliphatic rings. The normalized spacial score (nSPS) is 16.2. The zero-order valence-corrected chi connectivity index (χ0v) is 13.8. The van der Waals surface area contributed by atoms with E-state index in [4.69, 9.17) is 9.47 Å². The van der Waals surface area contributed by atoms with Crippen molar-refractivity contribution in [1.82, 2.24) is 9.88 Å². The second-order valence-electron chi connectivity index (χ2n) is 6.06. The molecule has 1 aliphatic heterocycles. The molecule has 0 spiro atoms. The summed E-state index contributed by atoms with van der Waals surface area (Å²) in [5, 5.41) is 3.27. The first-order valence-electron chi connectivity index (χ1n) is 7.17. The van der Waals surface area contributed by atoms with Crippen LogP contribution in [0.15, 0.2) is 11.7 Å². The smallest absolute Gasteiger partial charge is 0.412 e. The lowest BCUT2D eigenvalue weighted by atomic mass is 10.1. The summed E-state index contributed by atoms with van der Waals surface area (Å²) in [4.78, 5) is 29.2. The lowest BCUT2D eigenvalue weighted by Crippen LogP contribution is -2.44. The lowest BCUT2D eigenvalue weighted by molar-refractivity contribution is 0.00795. The maximum absolute atomic E-state index is 11.9. The SMILES string of the molecule is CC(C)(C)OC(=O)N1CCC(OC(=O)Nc2cncs2)CC1. The number of nitrogens with one attached hydrogen (secondary N) is 1. The number of rotatable bonds is 2. The average molecular weight is 327 g/mol. The third kappa shape index (κ3) is 5.18. The fraction of sp³-hybridized carbons (Fsp3) is 0.643. The van der Waals surface area contributed by atoms with Gasteiger partial charge in [-0.3, -0.25) is 10.3 Å². The number of amides is 2. The van der Waals surface area contributed by atoms with Crippen LogP contribution in [0.2, 0.25) is 0 Å². The molecule has 8 heteroatoms. The van der Waals surface area contributed by atoms with Crippen LogP contribution in [0.1, 0.15) is 33.6 Å². The number of hydrogen-bond donors (Lipinski definition) is 1. The highest BCUT2D eigenvalue weighted by atomic mass is 32.1. The predicted molar refractivity (Wildman–Crippen MR) is 83.0 cm³/mol. The molecule has 1 saturated heterocycles. The van der Waals surface area contributed by atoms with Crippen molar-refractivity contribution in [1.29, 1.82) is 0 Å². The number of piperidine rings is 1. The first-order chi connectivity index (χ1) is 10.3. The molecule has 22 heavy (non-hydrogen) atoms. The summed E-state index contributed by atoms with van der Waals surface area (Å²) in [6.07, 6.45) is 1.79. The Hall–Kier alpha value is -1.83. The molecule has 1 N–H and O–H groups in total. The van der Waals surface area contributed by atoms with E-state index in [9.17, 15) is 9.59 Å². The minimum atomic E-state index is -0.501. The number of carbonyl (C=O) groups excluding carboxylic acids is 2. The fourth-order valence-electron chi connectivity index (χ4n) is 2.04. The van der Waals surface area contributed by atoms with Crippen molar-refractivity contribution in [2.75, 3.05) is 18.4 Å². The van der Waals surface area contributed by atoms with Gasteiger partial charge in [0.1, 0.15) is 16.7 Å². The van der Waals surface area contributed by atoms with E-state index in [-0.39, 0.29) is 12.2 Å². The molecule has 0 aliphatic carbocycles. The number of likely N-dealkylation sites (tertiary alicyclic amines) is 1. The molecule has 2 rings (SSSR count). The third-order valence-corrected chi connectivity index (χ3v) is 3.71. The maximum atomic E-state index is 11.9. The van der Waals surface area contributed by atoms with E-state index in [2.05, 4.69) is 10.3 Å². The second kappa shape index (κ2) is 6.95. The standard InChI is InChI=1S/C14H21N3O4S/c1-14(2,3)21-13(19)17-6-4-10(5-7-17)20-12(18)16-11-8-15-9-22-11/h8-10H,4-7H2,1-3H3,(H,16,18). The first kappa shape index (κ1) is 16.5. The van der Waals surface area contributed by atoms with Crippen molar-refractivity contribution in [2.45, 2.75) is 45.3 Å². The molecule has 2 amide bonds. The summed E-state index contributed by atoms with van der Waals surface area (Å²) in [5.41, 5.74) is 1.13. The molecule has 0 unspecified atom stereocenters. The number of anilines is 1. The number of aromatic nitrogens is 1. The molecule has 0 aromatic carbocycles. The van der Waals surface area contributed by atoms with Crippen LogP contribution in [-0.4, -0.2) is 46.9 Å². The molecule has 1 fully saturated rings. The van der Waals surface area contributed by atoms with Crippen LogP contribution in [0.4, 0.5) is 14.6 Å². The van der Waals surface area contributed by atoms with Gasteiger partial charge in [-0.1, -0.05) is 0 Å². The monoisotopic (exact) mass is 327 g/mol. The van der Waals surface area contributed by atoms with Crippen LogP contribution in [0.25, 0.3) is 0 Å². The summed E-state index contributed by atoms with van der Waals surface area (Å²) in [6.45, 7) is 6.56. The van der Waals surface area contributed by atoms with E-state index in [0.717, 1.165) is 0 Å². The summed E-state index contributed by atoms with van der Waals surface area (Å²) in [7, 11) is 0. The van der Waals surface area contributed by atoms with Crippen molar-refractivity contribution < 1.29 is 19.1 Å². The van der Waals surface area contributed by atoms with Gasteiger partial charge < -0.3 is 14.4 Å². The Labute approximate surface area is 133 Å². The van der Waals surface area contributed by atoms with Gasteiger partial charge in [-0.25, -0.2) is 9.59 Å². The number of carbonyl (C=O) groups is 2. The molecule has 122 valence electrons. The van der Waals surface area contributed by atoms with Gasteiger partial charge in [0.25, 0.3) is 0 Å². The molecule has 0 radical (unpaired) electrons. The van der Waals surface area contributed by atoms with Crippen molar-refractivity contribution in [3.05, 3.63) is 11.7 Å². The highest BCUT2D eigenvalue weighted by molar-refractivity contribution is 7.13. The molecule has 2 heterocycles. The van der Waals surface area contributed by atoms with Crippen LogP contribution in [0.5, 0.6) is 0 Å². The first-order valence-corrected chi connectivity index (χ1v) is 8.05. The Balaban J connectivity index is 1.73. The highest BCUT2D eigenvalue weighted by Gasteiger charge is 2.28. The fourth-order valence-corrected chi connectivity index (χ4v) is 2.54. The Bertz CT molecular complexity index is 505. The van der Waals surface area contributed by atoms with E-state index < -0.39 is 11.7 Å². The minimum Gasteiger partial charge on any atom is -0.446 e. The van der Waals surface area contributed by atoms with Crippen LogP contribution < -0.4 is 5.32 Å². The van der Waals surface area contributed by atoms with E-state index in [1.54, 1.807) is 16.6 Å². The van der Waals surface area contributed by atoms with Gasteiger partial charge in [-0.2, -0.15) is 0 Å². The lowest BCUT2D eigenvalue weighted by Gasteiger charge is -2.33. The van der Waals surface area contributed by atoms with Crippen LogP contribution in [0.3, 0.4) is 0 Å². The van der Waals surface area contributed by atoms with Gasteiger partial charge in [-0.05, 0) is 20.8 Å². The van der Waals surface area contributed by atoms with E-state index in [1.165, 1.54) is 11.3 Å².